The number of amides is 1. The fourth-order valence-electron chi connectivity index (χ4n) is 3.53. The highest BCUT2D eigenvalue weighted by atomic mass is 16.5. The molecule has 2 rings (SSSR count). The minimum atomic E-state index is -0.730. The van der Waals surface area contributed by atoms with Crippen LogP contribution in [0.25, 0.3) is 0 Å². The Morgan fingerprint density at radius 1 is 1.40 bits per heavy atom. The van der Waals surface area contributed by atoms with Crippen molar-refractivity contribution < 1.29 is 9.53 Å². The van der Waals surface area contributed by atoms with E-state index in [1.54, 1.807) is 0 Å². The number of nitrogens with one attached hydrogen (secondary N) is 1. The second-order valence-corrected chi connectivity index (χ2v) is 7.96. The molecule has 116 valence electrons. The van der Waals surface area contributed by atoms with Crippen molar-refractivity contribution in [3.8, 4) is 0 Å². The Morgan fingerprint density at radius 3 is 2.55 bits per heavy atom. The topological polar surface area (TPSA) is 64.3 Å². The molecule has 0 aromatic heterocycles. The third-order valence-corrected chi connectivity index (χ3v) is 4.60. The first-order chi connectivity index (χ1) is 9.20. The van der Waals surface area contributed by atoms with Gasteiger partial charge in [-0.15, -0.1) is 0 Å². The summed E-state index contributed by atoms with van der Waals surface area (Å²) < 4.78 is 6.08. The third-order valence-electron chi connectivity index (χ3n) is 4.60. The number of hydrogen-bond acceptors (Lipinski definition) is 3. The summed E-state index contributed by atoms with van der Waals surface area (Å²) in [4.78, 5) is 11.7. The molecule has 20 heavy (non-hydrogen) atoms. The van der Waals surface area contributed by atoms with E-state index < -0.39 is 5.54 Å². The monoisotopic (exact) mass is 282 g/mol. The first kappa shape index (κ1) is 15.8. The van der Waals surface area contributed by atoms with Gasteiger partial charge in [0.25, 0.3) is 0 Å². The van der Waals surface area contributed by atoms with E-state index in [2.05, 4.69) is 26.1 Å². The predicted octanol–water partition coefficient (Wildman–Crippen LogP) is 2.21. The van der Waals surface area contributed by atoms with Crippen LogP contribution in [0.2, 0.25) is 0 Å². The van der Waals surface area contributed by atoms with E-state index in [-0.39, 0.29) is 12.0 Å². The van der Waals surface area contributed by atoms with Gasteiger partial charge in [0, 0.05) is 6.04 Å². The summed E-state index contributed by atoms with van der Waals surface area (Å²) in [6.45, 7) is 9.13. The van der Waals surface area contributed by atoms with Crippen molar-refractivity contribution in [2.24, 2.45) is 17.1 Å². The van der Waals surface area contributed by atoms with Crippen LogP contribution in [-0.2, 0) is 9.53 Å². The Balaban J connectivity index is 1.90. The summed E-state index contributed by atoms with van der Waals surface area (Å²) in [6.07, 6.45) is 5.91. The molecule has 4 heteroatoms. The number of carbonyl (C=O) groups is 1. The Bertz CT molecular complexity index is 365. The van der Waals surface area contributed by atoms with Crippen LogP contribution in [0.1, 0.15) is 59.8 Å². The summed E-state index contributed by atoms with van der Waals surface area (Å²) in [5.74, 6) is 0.368. The third kappa shape index (κ3) is 4.19. The molecule has 0 saturated heterocycles. The molecule has 0 bridgehead atoms. The van der Waals surface area contributed by atoms with E-state index in [9.17, 15) is 4.79 Å². The minimum absolute atomic E-state index is 0.244. The maximum absolute atomic E-state index is 11.7. The maximum Gasteiger partial charge on any atom is 0.239 e. The van der Waals surface area contributed by atoms with Crippen LogP contribution in [0.3, 0.4) is 0 Å². The SMILES string of the molecule is CC1CC(OCC(C)(NC2CC2)C(N)=O)CC(C)(C)C1. The first-order valence-electron chi connectivity index (χ1n) is 7.89. The van der Waals surface area contributed by atoms with Crippen molar-refractivity contribution in [2.75, 3.05) is 6.61 Å². The van der Waals surface area contributed by atoms with Gasteiger partial charge in [-0.3, -0.25) is 10.1 Å². The summed E-state index contributed by atoms with van der Waals surface area (Å²) in [5.41, 5.74) is 5.16. The number of hydrogen-bond donors (Lipinski definition) is 2. The van der Waals surface area contributed by atoms with E-state index >= 15 is 0 Å². The van der Waals surface area contributed by atoms with Crippen LogP contribution >= 0.6 is 0 Å². The summed E-state index contributed by atoms with van der Waals surface area (Å²) in [6, 6.07) is 0.442. The highest BCUT2D eigenvalue weighted by Gasteiger charge is 2.39. The quantitative estimate of drug-likeness (QED) is 0.785. The molecule has 2 saturated carbocycles. The molecular formula is C16H30N2O2. The lowest BCUT2D eigenvalue weighted by Gasteiger charge is -2.40. The number of rotatable bonds is 6. The molecular weight excluding hydrogens is 252 g/mol. The van der Waals surface area contributed by atoms with Crippen LogP contribution in [0.5, 0.6) is 0 Å². The fourth-order valence-corrected chi connectivity index (χ4v) is 3.53. The molecule has 0 heterocycles. The van der Waals surface area contributed by atoms with Crippen LogP contribution < -0.4 is 11.1 Å². The van der Waals surface area contributed by atoms with Crippen molar-refractivity contribution in [2.45, 2.75) is 77.5 Å². The molecule has 2 aliphatic carbocycles. The first-order valence-corrected chi connectivity index (χ1v) is 7.89. The van der Waals surface area contributed by atoms with E-state index in [4.69, 9.17) is 10.5 Å². The minimum Gasteiger partial charge on any atom is -0.376 e. The van der Waals surface area contributed by atoms with E-state index in [1.165, 1.54) is 6.42 Å². The standard InChI is InChI=1S/C16H30N2O2/c1-11-7-13(9-15(2,3)8-11)20-10-16(4,14(17)19)18-12-5-6-12/h11-13,18H,5-10H2,1-4H3,(H2,17,19). The average molecular weight is 282 g/mol. The molecule has 3 N–H and O–H groups in total. The normalized spacial score (nSPS) is 32.6. The van der Waals surface area contributed by atoms with Gasteiger partial charge in [-0.25, -0.2) is 0 Å². The Labute approximate surface area is 122 Å². The van der Waals surface area contributed by atoms with E-state index in [0.29, 0.717) is 24.0 Å². The van der Waals surface area contributed by atoms with Gasteiger partial charge in [0.2, 0.25) is 5.91 Å². The van der Waals surface area contributed by atoms with Crippen LogP contribution in [0, 0.1) is 11.3 Å². The van der Waals surface area contributed by atoms with Crippen molar-refractivity contribution in [1.29, 1.82) is 0 Å². The zero-order valence-electron chi connectivity index (χ0n) is 13.4. The second-order valence-electron chi connectivity index (χ2n) is 7.96. The van der Waals surface area contributed by atoms with E-state index in [0.717, 1.165) is 25.7 Å². The van der Waals surface area contributed by atoms with Crippen LogP contribution in [-0.4, -0.2) is 30.2 Å². The lowest BCUT2D eigenvalue weighted by atomic mass is 9.71. The largest absolute Gasteiger partial charge is 0.376 e. The lowest BCUT2D eigenvalue weighted by molar-refractivity contribution is -0.128. The van der Waals surface area contributed by atoms with Crippen molar-refractivity contribution >= 4 is 5.91 Å². The van der Waals surface area contributed by atoms with Gasteiger partial charge in [-0.2, -0.15) is 0 Å². The van der Waals surface area contributed by atoms with Gasteiger partial charge in [-0.1, -0.05) is 20.8 Å². The van der Waals surface area contributed by atoms with Crippen molar-refractivity contribution in [3.63, 3.8) is 0 Å². The highest BCUT2D eigenvalue weighted by molar-refractivity contribution is 5.84. The zero-order valence-corrected chi connectivity index (χ0v) is 13.4. The number of carbonyl (C=O) groups excluding carboxylic acids is 1. The molecule has 3 unspecified atom stereocenters. The number of primary amides is 1. The van der Waals surface area contributed by atoms with Gasteiger partial charge in [0.15, 0.2) is 0 Å². The van der Waals surface area contributed by atoms with Gasteiger partial charge >= 0.3 is 0 Å². The predicted molar refractivity (Wildman–Crippen MR) is 80.3 cm³/mol. The van der Waals surface area contributed by atoms with Gasteiger partial charge in [0.05, 0.1) is 12.7 Å². The zero-order chi connectivity index (χ0) is 15.0. The lowest BCUT2D eigenvalue weighted by Crippen LogP contribution is -2.57. The molecule has 3 atom stereocenters. The van der Waals surface area contributed by atoms with Gasteiger partial charge in [-0.05, 0) is 50.4 Å². The number of ether oxygens (including phenoxy) is 1. The second kappa shape index (κ2) is 5.64. The molecule has 0 aliphatic heterocycles. The Kier molecular flexibility index (Phi) is 4.45. The molecule has 0 radical (unpaired) electrons. The van der Waals surface area contributed by atoms with Gasteiger partial charge < -0.3 is 10.5 Å². The smallest absolute Gasteiger partial charge is 0.239 e. The average Bonchev–Trinajstić information content (AvgIpc) is 3.07. The van der Waals surface area contributed by atoms with Crippen LogP contribution in [0.15, 0.2) is 0 Å². The number of nitrogens with two attached hydrogens (primary N) is 1. The summed E-state index contributed by atoms with van der Waals surface area (Å²) in [5, 5.41) is 3.34. The van der Waals surface area contributed by atoms with Crippen molar-refractivity contribution in [1.82, 2.24) is 5.32 Å². The fraction of sp³-hybridized carbons (Fsp3) is 0.938. The molecule has 1 amide bonds. The maximum atomic E-state index is 11.7. The highest BCUT2D eigenvalue weighted by Crippen LogP contribution is 2.39. The molecule has 0 aromatic rings. The molecule has 2 aliphatic rings. The Hall–Kier alpha value is -0.610. The molecule has 2 fully saturated rings. The molecule has 4 nitrogen and oxygen atoms in total. The van der Waals surface area contributed by atoms with Gasteiger partial charge in [0.1, 0.15) is 5.54 Å². The molecule has 0 aromatic carbocycles. The van der Waals surface area contributed by atoms with Crippen molar-refractivity contribution in [3.05, 3.63) is 0 Å². The van der Waals surface area contributed by atoms with Crippen LogP contribution in [0.4, 0.5) is 0 Å². The van der Waals surface area contributed by atoms with E-state index in [1.807, 2.05) is 6.92 Å². The molecule has 0 spiro atoms. The summed E-state index contributed by atoms with van der Waals surface area (Å²) in [7, 11) is 0. The summed E-state index contributed by atoms with van der Waals surface area (Å²) >= 11 is 0. The Morgan fingerprint density at radius 2 is 2.05 bits per heavy atom.